The predicted molar refractivity (Wildman–Crippen MR) is 73.2 cm³/mol. The van der Waals surface area contributed by atoms with Crippen molar-refractivity contribution >= 4 is 11.8 Å². The lowest BCUT2D eigenvalue weighted by Gasteiger charge is -2.36. The molecule has 0 aliphatic carbocycles. The van der Waals surface area contributed by atoms with Gasteiger partial charge in [0, 0.05) is 12.1 Å². The van der Waals surface area contributed by atoms with Crippen molar-refractivity contribution in [1.29, 1.82) is 0 Å². The van der Waals surface area contributed by atoms with Gasteiger partial charge in [0.2, 0.25) is 11.8 Å². The number of hydrogen-bond acceptors (Lipinski definition) is 2. The van der Waals surface area contributed by atoms with E-state index in [4.69, 9.17) is 0 Å². The third-order valence-corrected chi connectivity index (χ3v) is 3.48. The molecule has 0 radical (unpaired) electrons. The van der Waals surface area contributed by atoms with E-state index in [-0.39, 0.29) is 36.4 Å². The molecule has 21 heavy (non-hydrogen) atoms. The molecular formula is C15H18F2N2O2. The second-order valence-corrected chi connectivity index (χ2v) is 5.60. The largest absolute Gasteiger partial charge is 0.345 e. The van der Waals surface area contributed by atoms with Crippen LogP contribution in [-0.2, 0) is 16.1 Å². The molecule has 4 nitrogen and oxygen atoms in total. The summed E-state index contributed by atoms with van der Waals surface area (Å²) in [7, 11) is 0. The van der Waals surface area contributed by atoms with Crippen LogP contribution < -0.4 is 5.32 Å². The summed E-state index contributed by atoms with van der Waals surface area (Å²) in [6.07, 6.45) is 0.481. The van der Waals surface area contributed by atoms with Crippen LogP contribution in [0, 0.1) is 17.6 Å². The van der Waals surface area contributed by atoms with Gasteiger partial charge >= 0.3 is 0 Å². The van der Waals surface area contributed by atoms with Gasteiger partial charge in [-0.15, -0.1) is 0 Å². The molecule has 1 aromatic carbocycles. The normalized spacial score (nSPS) is 19.1. The topological polar surface area (TPSA) is 49.4 Å². The van der Waals surface area contributed by atoms with Gasteiger partial charge in [-0.1, -0.05) is 26.0 Å². The van der Waals surface area contributed by atoms with E-state index in [2.05, 4.69) is 5.32 Å². The molecule has 1 N–H and O–H groups in total. The maximum absolute atomic E-state index is 13.8. The summed E-state index contributed by atoms with van der Waals surface area (Å²) in [5.41, 5.74) is 0.0757. The Kier molecular flexibility index (Phi) is 4.55. The van der Waals surface area contributed by atoms with Crippen molar-refractivity contribution in [3.05, 3.63) is 35.4 Å². The van der Waals surface area contributed by atoms with Gasteiger partial charge in [-0.25, -0.2) is 8.78 Å². The number of amides is 2. The van der Waals surface area contributed by atoms with E-state index in [0.717, 1.165) is 6.07 Å². The van der Waals surface area contributed by atoms with Gasteiger partial charge in [0.05, 0.1) is 6.54 Å². The van der Waals surface area contributed by atoms with Crippen LogP contribution in [0.3, 0.4) is 0 Å². The maximum Gasteiger partial charge on any atom is 0.243 e. The van der Waals surface area contributed by atoms with E-state index in [1.807, 2.05) is 13.8 Å². The fraction of sp³-hybridized carbons (Fsp3) is 0.467. The summed E-state index contributed by atoms with van der Waals surface area (Å²) in [5, 5.41) is 2.53. The molecule has 114 valence electrons. The van der Waals surface area contributed by atoms with Crippen molar-refractivity contribution in [2.45, 2.75) is 32.9 Å². The highest BCUT2D eigenvalue weighted by Crippen LogP contribution is 2.20. The number of nitrogens with one attached hydrogen (secondary N) is 1. The molecule has 1 heterocycles. The number of nitrogens with zero attached hydrogens (tertiary/aromatic N) is 1. The Balaban J connectivity index is 2.26. The lowest BCUT2D eigenvalue weighted by molar-refractivity contribution is -0.146. The van der Waals surface area contributed by atoms with Crippen LogP contribution in [0.25, 0.3) is 0 Å². The van der Waals surface area contributed by atoms with Gasteiger partial charge in [0.25, 0.3) is 0 Å². The summed E-state index contributed by atoms with van der Waals surface area (Å²) in [6.45, 7) is 3.66. The highest BCUT2D eigenvalue weighted by atomic mass is 19.2. The monoisotopic (exact) mass is 296 g/mol. The zero-order valence-corrected chi connectivity index (χ0v) is 12.0. The van der Waals surface area contributed by atoms with Crippen LogP contribution in [0.5, 0.6) is 0 Å². The van der Waals surface area contributed by atoms with E-state index < -0.39 is 17.7 Å². The minimum Gasteiger partial charge on any atom is -0.345 e. The molecule has 1 atom stereocenters. The van der Waals surface area contributed by atoms with E-state index in [9.17, 15) is 18.4 Å². The Morgan fingerprint density at radius 1 is 1.33 bits per heavy atom. The molecule has 1 fully saturated rings. The van der Waals surface area contributed by atoms with Gasteiger partial charge in [0.15, 0.2) is 11.6 Å². The third-order valence-electron chi connectivity index (χ3n) is 3.48. The first-order valence-electron chi connectivity index (χ1n) is 6.90. The molecule has 0 aromatic heterocycles. The number of carbonyl (C=O) groups is 2. The molecule has 1 aliphatic heterocycles. The number of piperazine rings is 1. The number of halogens is 2. The lowest BCUT2D eigenvalue weighted by atomic mass is 9.99. The van der Waals surface area contributed by atoms with Gasteiger partial charge in [-0.2, -0.15) is 0 Å². The Labute approximate surface area is 122 Å². The fourth-order valence-electron chi connectivity index (χ4n) is 2.43. The van der Waals surface area contributed by atoms with Crippen molar-refractivity contribution in [1.82, 2.24) is 10.2 Å². The van der Waals surface area contributed by atoms with Crippen molar-refractivity contribution in [3.8, 4) is 0 Å². The number of benzene rings is 1. The first-order valence-corrected chi connectivity index (χ1v) is 6.90. The van der Waals surface area contributed by atoms with Gasteiger partial charge in [-0.3, -0.25) is 9.59 Å². The summed E-state index contributed by atoms with van der Waals surface area (Å²) in [4.78, 5) is 25.3. The quantitative estimate of drug-likeness (QED) is 0.921. The Bertz CT molecular complexity index is 561. The van der Waals surface area contributed by atoms with Gasteiger partial charge in [0.1, 0.15) is 6.04 Å². The van der Waals surface area contributed by atoms with Crippen LogP contribution in [0.1, 0.15) is 25.8 Å². The summed E-state index contributed by atoms with van der Waals surface area (Å²) < 4.78 is 27.0. The van der Waals surface area contributed by atoms with E-state index in [0.29, 0.717) is 6.42 Å². The lowest BCUT2D eigenvalue weighted by Crippen LogP contribution is -2.58. The minimum absolute atomic E-state index is 0.0757. The first kappa shape index (κ1) is 15.4. The van der Waals surface area contributed by atoms with Crippen LogP contribution in [0.15, 0.2) is 18.2 Å². The molecule has 0 spiro atoms. The smallest absolute Gasteiger partial charge is 0.243 e. The number of rotatable bonds is 4. The summed E-state index contributed by atoms with van der Waals surface area (Å²) in [6, 6.07) is 3.19. The molecule has 1 aliphatic rings. The second kappa shape index (κ2) is 6.20. The van der Waals surface area contributed by atoms with Gasteiger partial charge < -0.3 is 10.2 Å². The summed E-state index contributed by atoms with van der Waals surface area (Å²) >= 11 is 0. The number of hydrogen-bond donors (Lipinski definition) is 1. The van der Waals surface area contributed by atoms with Crippen molar-refractivity contribution < 1.29 is 18.4 Å². The fourth-order valence-corrected chi connectivity index (χ4v) is 2.43. The minimum atomic E-state index is -0.973. The molecule has 2 amide bonds. The zero-order chi connectivity index (χ0) is 15.6. The van der Waals surface area contributed by atoms with Crippen LogP contribution in [0.2, 0.25) is 0 Å². The predicted octanol–water partition coefficient (Wildman–Crippen LogP) is 1.84. The molecule has 0 bridgehead atoms. The van der Waals surface area contributed by atoms with Crippen molar-refractivity contribution in [2.75, 3.05) is 6.54 Å². The molecule has 1 saturated heterocycles. The summed E-state index contributed by atoms with van der Waals surface area (Å²) in [5.74, 6) is -2.27. The average molecular weight is 296 g/mol. The Morgan fingerprint density at radius 3 is 2.71 bits per heavy atom. The molecule has 1 unspecified atom stereocenters. The van der Waals surface area contributed by atoms with Crippen LogP contribution in [-0.4, -0.2) is 29.3 Å². The van der Waals surface area contributed by atoms with Crippen molar-refractivity contribution in [2.24, 2.45) is 5.92 Å². The maximum atomic E-state index is 13.8. The van der Waals surface area contributed by atoms with Crippen LogP contribution >= 0.6 is 0 Å². The van der Waals surface area contributed by atoms with E-state index >= 15 is 0 Å². The SMILES string of the molecule is CC(C)CC1C(=O)NCC(=O)N1Cc1cccc(F)c1F. The Hall–Kier alpha value is -1.98. The molecule has 1 aromatic rings. The molecular weight excluding hydrogens is 278 g/mol. The average Bonchev–Trinajstić information content (AvgIpc) is 2.42. The molecule has 2 rings (SSSR count). The number of carbonyl (C=O) groups excluding carboxylic acids is 2. The highest BCUT2D eigenvalue weighted by Gasteiger charge is 2.35. The second-order valence-electron chi connectivity index (χ2n) is 5.60. The van der Waals surface area contributed by atoms with E-state index in [1.54, 1.807) is 0 Å². The zero-order valence-electron chi connectivity index (χ0n) is 12.0. The Morgan fingerprint density at radius 2 is 2.05 bits per heavy atom. The van der Waals surface area contributed by atoms with E-state index in [1.165, 1.54) is 17.0 Å². The highest BCUT2D eigenvalue weighted by molar-refractivity contribution is 5.94. The van der Waals surface area contributed by atoms with Crippen LogP contribution in [0.4, 0.5) is 8.78 Å². The standard InChI is InChI=1S/C15H18F2N2O2/c1-9(2)6-12-15(21)18-7-13(20)19(12)8-10-4-3-5-11(16)14(10)17/h3-5,9,12H,6-8H2,1-2H3,(H,18,21). The van der Waals surface area contributed by atoms with Crippen molar-refractivity contribution in [3.63, 3.8) is 0 Å². The molecule has 0 saturated carbocycles. The van der Waals surface area contributed by atoms with Gasteiger partial charge in [-0.05, 0) is 18.4 Å². The molecule has 6 heteroatoms. The first-order chi connectivity index (χ1) is 9.90. The third kappa shape index (κ3) is 3.37.